The Balaban J connectivity index is 1.72. The summed E-state index contributed by atoms with van der Waals surface area (Å²) in [5, 5.41) is 6.59. The summed E-state index contributed by atoms with van der Waals surface area (Å²) in [5.74, 6) is 0.715. The van der Waals surface area contributed by atoms with Crippen molar-refractivity contribution in [1.82, 2.24) is 15.7 Å². The first-order valence-electron chi connectivity index (χ1n) is 8.36. The fourth-order valence-corrected chi connectivity index (χ4v) is 2.62. The first-order chi connectivity index (χ1) is 12.5. The Hall–Kier alpha value is -3.22. The third-order valence-corrected chi connectivity index (χ3v) is 4.06. The van der Waals surface area contributed by atoms with Crippen LogP contribution in [0.5, 0.6) is 11.6 Å². The predicted molar refractivity (Wildman–Crippen MR) is 96.9 cm³/mol. The topological polar surface area (TPSA) is 92.7 Å². The third kappa shape index (κ3) is 4.05. The highest BCUT2D eigenvalue weighted by atomic mass is 16.5. The second kappa shape index (κ2) is 7.77. The largest absolute Gasteiger partial charge is 0.438 e. The Morgan fingerprint density at radius 1 is 1.19 bits per heavy atom. The highest BCUT2D eigenvalue weighted by molar-refractivity contribution is 6.39. The highest BCUT2D eigenvalue weighted by Crippen LogP contribution is 2.29. The molecule has 0 fully saturated rings. The molecule has 2 heterocycles. The van der Waals surface area contributed by atoms with Crippen molar-refractivity contribution in [1.29, 1.82) is 0 Å². The van der Waals surface area contributed by atoms with Crippen LogP contribution >= 0.6 is 0 Å². The zero-order valence-corrected chi connectivity index (χ0v) is 14.7. The molecule has 0 aliphatic carbocycles. The van der Waals surface area contributed by atoms with Gasteiger partial charge in [-0.15, -0.1) is 0 Å². The van der Waals surface area contributed by atoms with Gasteiger partial charge >= 0.3 is 0 Å². The molecule has 3 rings (SSSR count). The number of rotatable bonds is 5. The molecule has 134 valence electrons. The van der Waals surface area contributed by atoms with Crippen LogP contribution in [0.4, 0.5) is 0 Å². The zero-order chi connectivity index (χ0) is 18.5. The number of hydrogen-bond acceptors (Lipinski definition) is 5. The number of benzene rings is 1. The molecule has 0 spiro atoms. The summed E-state index contributed by atoms with van der Waals surface area (Å²) in [6.07, 6.45) is 2.24. The van der Waals surface area contributed by atoms with Gasteiger partial charge in [0.1, 0.15) is 11.5 Å². The molecular weight excluding hydrogens is 332 g/mol. The van der Waals surface area contributed by atoms with Crippen LogP contribution in [0.1, 0.15) is 29.5 Å². The van der Waals surface area contributed by atoms with E-state index in [1.165, 1.54) is 0 Å². The minimum atomic E-state index is -0.313. The van der Waals surface area contributed by atoms with Gasteiger partial charge in [0.05, 0.1) is 0 Å². The van der Waals surface area contributed by atoms with Crippen LogP contribution in [-0.2, 0) is 16.1 Å². The maximum absolute atomic E-state index is 12.2. The summed E-state index contributed by atoms with van der Waals surface area (Å²) in [6.45, 7) is 4.20. The summed E-state index contributed by atoms with van der Waals surface area (Å²) < 4.78 is 6.01. The van der Waals surface area contributed by atoms with Crippen LogP contribution in [-0.4, -0.2) is 22.5 Å². The Kier molecular flexibility index (Phi) is 5.26. The van der Waals surface area contributed by atoms with Crippen molar-refractivity contribution >= 4 is 17.5 Å². The number of aromatic nitrogens is 1. The van der Waals surface area contributed by atoms with Crippen LogP contribution in [0.3, 0.4) is 0 Å². The zero-order valence-electron chi connectivity index (χ0n) is 14.7. The lowest BCUT2D eigenvalue weighted by molar-refractivity contribution is -0.121. The van der Waals surface area contributed by atoms with Crippen LogP contribution in [0, 0.1) is 13.8 Å². The monoisotopic (exact) mass is 352 g/mol. The second-order valence-corrected chi connectivity index (χ2v) is 6.07. The average molecular weight is 352 g/mol. The van der Waals surface area contributed by atoms with Gasteiger partial charge in [-0.25, -0.2) is 10.4 Å². The molecule has 7 heteroatoms. The molecule has 7 nitrogen and oxygen atoms in total. The molecule has 0 saturated heterocycles. The summed E-state index contributed by atoms with van der Waals surface area (Å²) in [5.41, 5.74) is 5.41. The van der Waals surface area contributed by atoms with E-state index in [1.807, 2.05) is 38.1 Å². The number of carbonyl (C=O) groups excluding carboxylic acids is 2. The van der Waals surface area contributed by atoms with E-state index >= 15 is 0 Å². The van der Waals surface area contributed by atoms with E-state index in [4.69, 9.17) is 4.74 Å². The molecule has 1 aliphatic heterocycles. The van der Waals surface area contributed by atoms with Crippen LogP contribution in [0.25, 0.3) is 0 Å². The van der Waals surface area contributed by atoms with Gasteiger partial charge < -0.3 is 10.1 Å². The van der Waals surface area contributed by atoms with Gasteiger partial charge in [-0.1, -0.05) is 24.3 Å². The molecule has 2 amide bonds. The second-order valence-electron chi connectivity index (χ2n) is 6.07. The molecule has 2 N–H and O–H groups in total. The van der Waals surface area contributed by atoms with E-state index in [-0.39, 0.29) is 24.8 Å². The predicted octanol–water partition coefficient (Wildman–Crippen LogP) is 2.37. The standard InChI is InChI=1S/C19H20N4O3/c1-12-5-3-6-13(2)17(12)26-19-14(7-4-10-20-19)11-21-18(25)15-8-9-16(24)23-22-15/h3-7,10H,8-9,11H2,1-2H3,(H,21,25)(H,23,24). The van der Waals surface area contributed by atoms with Crippen molar-refractivity contribution in [2.24, 2.45) is 5.10 Å². The van der Waals surface area contributed by atoms with Gasteiger partial charge in [0, 0.05) is 31.1 Å². The van der Waals surface area contributed by atoms with Gasteiger partial charge in [-0.2, -0.15) is 5.10 Å². The van der Waals surface area contributed by atoms with E-state index in [9.17, 15) is 9.59 Å². The molecular formula is C19H20N4O3. The van der Waals surface area contributed by atoms with Crippen molar-refractivity contribution in [3.05, 3.63) is 53.2 Å². The lowest BCUT2D eigenvalue weighted by Crippen LogP contribution is -2.36. The number of ether oxygens (including phenoxy) is 1. The smallest absolute Gasteiger partial charge is 0.267 e. The van der Waals surface area contributed by atoms with E-state index in [1.54, 1.807) is 12.3 Å². The Morgan fingerprint density at radius 3 is 2.65 bits per heavy atom. The first kappa shape index (κ1) is 17.6. The first-order valence-corrected chi connectivity index (χ1v) is 8.36. The van der Waals surface area contributed by atoms with Gasteiger partial charge in [0.15, 0.2) is 0 Å². The van der Waals surface area contributed by atoms with Gasteiger partial charge in [-0.3, -0.25) is 9.59 Å². The minimum Gasteiger partial charge on any atom is -0.438 e. The van der Waals surface area contributed by atoms with Crippen LogP contribution in [0.2, 0.25) is 0 Å². The average Bonchev–Trinajstić information content (AvgIpc) is 2.64. The van der Waals surface area contributed by atoms with Gasteiger partial charge in [0.25, 0.3) is 5.91 Å². The number of aryl methyl sites for hydroxylation is 2. The number of para-hydroxylation sites is 1. The van der Waals surface area contributed by atoms with E-state index < -0.39 is 0 Å². The Morgan fingerprint density at radius 2 is 1.96 bits per heavy atom. The molecule has 1 aromatic heterocycles. The number of hydrogen-bond donors (Lipinski definition) is 2. The molecule has 0 unspecified atom stereocenters. The maximum Gasteiger partial charge on any atom is 0.267 e. The van der Waals surface area contributed by atoms with Gasteiger partial charge in [0.2, 0.25) is 11.8 Å². The van der Waals surface area contributed by atoms with E-state index in [0.29, 0.717) is 18.0 Å². The number of pyridine rings is 1. The SMILES string of the molecule is Cc1cccc(C)c1Oc1ncccc1CNC(=O)C1=NNC(=O)CC1. The fraction of sp³-hybridized carbons (Fsp3) is 0.263. The lowest BCUT2D eigenvalue weighted by atomic mass is 10.1. The molecule has 0 radical (unpaired) electrons. The highest BCUT2D eigenvalue weighted by Gasteiger charge is 2.18. The Bertz CT molecular complexity index is 857. The molecule has 26 heavy (non-hydrogen) atoms. The molecule has 0 bridgehead atoms. The molecule has 0 saturated carbocycles. The van der Waals surface area contributed by atoms with Crippen molar-refractivity contribution in [2.75, 3.05) is 0 Å². The van der Waals surface area contributed by atoms with Crippen molar-refractivity contribution in [3.63, 3.8) is 0 Å². The number of nitrogens with zero attached hydrogens (tertiary/aromatic N) is 2. The minimum absolute atomic E-state index is 0.182. The maximum atomic E-state index is 12.2. The number of amides is 2. The quantitative estimate of drug-likeness (QED) is 0.864. The number of nitrogens with one attached hydrogen (secondary N) is 2. The summed E-state index contributed by atoms with van der Waals surface area (Å²) in [7, 11) is 0. The summed E-state index contributed by atoms with van der Waals surface area (Å²) in [6, 6.07) is 9.56. The van der Waals surface area contributed by atoms with Crippen molar-refractivity contribution < 1.29 is 14.3 Å². The van der Waals surface area contributed by atoms with Crippen molar-refractivity contribution in [2.45, 2.75) is 33.2 Å². The molecule has 0 atom stereocenters. The normalized spacial score (nSPS) is 13.6. The third-order valence-electron chi connectivity index (χ3n) is 4.06. The number of hydrazone groups is 1. The molecule has 1 aliphatic rings. The molecule has 1 aromatic carbocycles. The number of carbonyl (C=O) groups is 2. The van der Waals surface area contributed by atoms with E-state index in [2.05, 4.69) is 20.8 Å². The van der Waals surface area contributed by atoms with Gasteiger partial charge in [-0.05, 0) is 31.0 Å². The summed E-state index contributed by atoms with van der Waals surface area (Å²) >= 11 is 0. The summed E-state index contributed by atoms with van der Waals surface area (Å²) in [4.78, 5) is 27.6. The van der Waals surface area contributed by atoms with Crippen LogP contribution in [0.15, 0.2) is 41.6 Å². The van der Waals surface area contributed by atoms with Crippen molar-refractivity contribution in [3.8, 4) is 11.6 Å². The molecule has 2 aromatic rings. The lowest BCUT2D eigenvalue weighted by Gasteiger charge is -2.15. The van der Waals surface area contributed by atoms with E-state index in [0.717, 1.165) is 22.4 Å². The fourth-order valence-electron chi connectivity index (χ4n) is 2.62. The van der Waals surface area contributed by atoms with Crippen LogP contribution < -0.4 is 15.5 Å². The Labute approximate surface area is 151 Å².